The number of fused-ring (bicyclic) bond motifs is 1. The number of nitrogens with two attached hydrogens (primary N) is 1. The summed E-state index contributed by atoms with van der Waals surface area (Å²) in [4.78, 5) is 4.37. The zero-order valence-electron chi connectivity index (χ0n) is 12.5. The van der Waals surface area contributed by atoms with Crippen molar-refractivity contribution in [2.24, 2.45) is 10.7 Å². The standard InChI is InChI=1S/C16H21N5.HI/c17-16(18-10-12-21-11-4-9-19-21)20-15-8-3-6-13-5-1-2-7-14(13)15;/h3-4,6,8-9,11H,1-2,5,7,10,12H2,(H3,17,18,20);1H. The molecule has 1 heterocycles. The molecule has 0 spiro atoms. The Labute approximate surface area is 148 Å². The van der Waals surface area contributed by atoms with Gasteiger partial charge in [-0.25, -0.2) is 0 Å². The summed E-state index contributed by atoms with van der Waals surface area (Å²) in [5.41, 5.74) is 9.93. The summed E-state index contributed by atoms with van der Waals surface area (Å²) in [5, 5.41) is 7.39. The van der Waals surface area contributed by atoms with E-state index < -0.39 is 0 Å². The second-order valence-corrected chi connectivity index (χ2v) is 5.31. The lowest BCUT2D eigenvalue weighted by Crippen LogP contribution is -2.24. The summed E-state index contributed by atoms with van der Waals surface area (Å²) in [7, 11) is 0. The third-order valence-corrected chi connectivity index (χ3v) is 3.83. The average molecular weight is 411 g/mol. The maximum atomic E-state index is 5.99. The maximum absolute atomic E-state index is 5.99. The number of aliphatic imine (C=N–C) groups is 1. The van der Waals surface area contributed by atoms with E-state index in [-0.39, 0.29) is 24.0 Å². The highest BCUT2D eigenvalue weighted by Crippen LogP contribution is 2.27. The van der Waals surface area contributed by atoms with Gasteiger partial charge < -0.3 is 11.1 Å². The molecule has 0 unspecified atom stereocenters. The molecule has 0 fully saturated rings. The summed E-state index contributed by atoms with van der Waals surface area (Å²) in [5.74, 6) is 0.473. The minimum atomic E-state index is 0. The van der Waals surface area contributed by atoms with Crippen molar-refractivity contribution in [3.8, 4) is 0 Å². The molecule has 2 aromatic rings. The fourth-order valence-electron chi connectivity index (χ4n) is 2.78. The lowest BCUT2D eigenvalue weighted by molar-refractivity contribution is 0.625. The Hall–Kier alpha value is -1.57. The fourth-order valence-corrected chi connectivity index (χ4v) is 2.78. The predicted octanol–water partition coefficient (Wildman–Crippen LogP) is 2.81. The molecular weight excluding hydrogens is 389 g/mol. The number of hydrogen-bond acceptors (Lipinski definition) is 2. The fraction of sp³-hybridized carbons (Fsp3) is 0.375. The molecule has 3 rings (SSSR count). The second kappa shape index (κ2) is 8.17. The largest absolute Gasteiger partial charge is 0.370 e. The predicted molar refractivity (Wildman–Crippen MR) is 101 cm³/mol. The van der Waals surface area contributed by atoms with Gasteiger partial charge in [0, 0.05) is 18.1 Å². The molecule has 0 bridgehead atoms. The van der Waals surface area contributed by atoms with Gasteiger partial charge in [-0.05, 0) is 48.9 Å². The van der Waals surface area contributed by atoms with Crippen LogP contribution in [0.15, 0.2) is 41.7 Å². The van der Waals surface area contributed by atoms with Gasteiger partial charge in [0.1, 0.15) is 0 Å². The zero-order valence-corrected chi connectivity index (χ0v) is 14.9. The molecule has 1 aromatic carbocycles. The number of aryl methyl sites for hydroxylation is 1. The Balaban J connectivity index is 0.00000176. The van der Waals surface area contributed by atoms with E-state index in [4.69, 9.17) is 5.73 Å². The van der Waals surface area contributed by atoms with E-state index in [9.17, 15) is 0 Å². The van der Waals surface area contributed by atoms with Gasteiger partial charge in [-0.15, -0.1) is 24.0 Å². The van der Waals surface area contributed by atoms with Crippen LogP contribution in [0.25, 0.3) is 0 Å². The molecule has 1 aromatic heterocycles. The zero-order chi connectivity index (χ0) is 14.5. The number of hydrogen-bond donors (Lipinski definition) is 2. The minimum absolute atomic E-state index is 0. The van der Waals surface area contributed by atoms with Crippen molar-refractivity contribution in [3.05, 3.63) is 47.8 Å². The molecule has 1 aliphatic carbocycles. The van der Waals surface area contributed by atoms with E-state index >= 15 is 0 Å². The third-order valence-electron chi connectivity index (χ3n) is 3.83. The van der Waals surface area contributed by atoms with E-state index in [1.54, 1.807) is 6.20 Å². The Morgan fingerprint density at radius 3 is 2.95 bits per heavy atom. The van der Waals surface area contributed by atoms with Crippen molar-refractivity contribution in [2.75, 3.05) is 11.9 Å². The van der Waals surface area contributed by atoms with Crippen LogP contribution in [0.2, 0.25) is 0 Å². The summed E-state index contributed by atoms with van der Waals surface area (Å²) in [6, 6.07) is 8.29. The Bertz CT molecular complexity index is 621. The first-order valence-electron chi connectivity index (χ1n) is 7.48. The molecule has 6 heteroatoms. The van der Waals surface area contributed by atoms with Crippen LogP contribution in [0.3, 0.4) is 0 Å². The summed E-state index contributed by atoms with van der Waals surface area (Å²) >= 11 is 0. The van der Waals surface area contributed by atoms with Crippen molar-refractivity contribution >= 4 is 35.6 Å². The number of aromatic nitrogens is 2. The molecule has 0 saturated heterocycles. The highest BCUT2D eigenvalue weighted by Gasteiger charge is 2.12. The first-order chi connectivity index (χ1) is 10.3. The van der Waals surface area contributed by atoms with Crippen LogP contribution in [0, 0.1) is 0 Å². The second-order valence-electron chi connectivity index (χ2n) is 5.31. The number of nitrogens with zero attached hydrogens (tertiary/aromatic N) is 3. The van der Waals surface area contributed by atoms with Crippen LogP contribution in [0.4, 0.5) is 5.69 Å². The minimum Gasteiger partial charge on any atom is -0.370 e. The van der Waals surface area contributed by atoms with Crippen molar-refractivity contribution in [1.82, 2.24) is 9.78 Å². The van der Waals surface area contributed by atoms with Crippen molar-refractivity contribution in [2.45, 2.75) is 32.2 Å². The van der Waals surface area contributed by atoms with Gasteiger partial charge in [0.15, 0.2) is 5.96 Å². The van der Waals surface area contributed by atoms with Crippen LogP contribution in [0.1, 0.15) is 24.0 Å². The van der Waals surface area contributed by atoms with Gasteiger partial charge >= 0.3 is 0 Å². The van der Waals surface area contributed by atoms with Gasteiger partial charge in [0.05, 0.1) is 13.1 Å². The molecule has 22 heavy (non-hydrogen) atoms. The van der Waals surface area contributed by atoms with E-state index in [1.807, 2.05) is 16.9 Å². The van der Waals surface area contributed by atoms with Crippen molar-refractivity contribution in [1.29, 1.82) is 0 Å². The van der Waals surface area contributed by atoms with E-state index in [0.717, 1.165) is 18.7 Å². The van der Waals surface area contributed by atoms with E-state index in [0.29, 0.717) is 12.5 Å². The molecule has 0 radical (unpaired) electrons. The first kappa shape index (κ1) is 16.8. The Morgan fingerprint density at radius 2 is 2.14 bits per heavy atom. The van der Waals surface area contributed by atoms with Gasteiger partial charge in [-0.3, -0.25) is 9.67 Å². The van der Waals surface area contributed by atoms with Crippen LogP contribution in [0.5, 0.6) is 0 Å². The van der Waals surface area contributed by atoms with E-state index in [1.165, 1.54) is 30.4 Å². The van der Waals surface area contributed by atoms with Crippen molar-refractivity contribution < 1.29 is 0 Å². The van der Waals surface area contributed by atoms with Gasteiger partial charge in [0.25, 0.3) is 0 Å². The highest BCUT2D eigenvalue weighted by molar-refractivity contribution is 14.0. The van der Waals surface area contributed by atoms with Crippen molar-refractivity contribution in [3.63, 3.8) is 0 Å². The van der Waals surface area contributed by atoms with Crippen LogP contribution in [-0.4, -0.2) is 22.3 Å². The number of benzene rings is 1. The molecule has 0 aliphatic heterocycles. The smallest absolute Gasteiger partial charge is 0.193 e. The Kier molecular flexibility index (Phi) is 6.23. The number of rotatable bonds is 4. The van der Waals surface area contributed by atoms with Gasteiger partial charge in [-0.2, -0.15) is 5.10 Å². The summed E-state index contributed by atoms with van der Waals surface area (Å²) in [6.45, 7) is 1.36. The number of anilines is 1. The van der Waals surface area contributed by atoms with Crippen LogP contribution in [-0.2, 0) is 19.4 Å². The average Bonchev–Trinajstić information content (AvgIpc) is 3.01. The molecule has 0 atom stereocenters. The lowest BCUT2D eigenvalue weighted by Gasteiger charge is -2.19. The number of guanidine groups is 1. The first-order valence-corrected chi connectivity index (χ1v) is 7.48. The normalized spacial score (nSPS) is 14.1. The topological polar surface area (TPSA) is 68.2 Å². The van der Waals surface area contributed by atoms with Gasteiger partial charge in [-0.1, -0.05) is 12.1 Å². The lowest BCUT2D eigenvalue weighted by atomic mass is 9.90. The third kappa shape index (κ3) is 4.22. The quantitative estimate of drug-likeness (QED) is 0.462. The molecule has 5 nitrogen and oxygen atoms in total. The molecule has 3 N–H and O–H groups in total. The van der Waals surface area contributed by atoms with Gasteiger partial charge in [0.2, 0.25) is 0 Å². The number of halogens is 1. The molecular formula is C16H22IN5. The molecule has 0 saturated carbocycles. The highest BCUT2D eigenvalue weighted by atomic mass is 127. The van der Waals surface area contributed by atoms with Crippen LogP contribution >= 0.6 is 24.0 Å². The maximum Gasteiger partial charge on any atom is 0.193 e. The number of nitrogens with one attached hydrogen (secondary N) is 1. The molecule has 1 aliphatic rings. The van der Waals surface area contributed by atoms with Crippen LogP contribution < -0.4 is 11.1 Å². The summed E-state index contributed by atoms with van der Waals surface area (Å²) < 4.78 is 1.85. The van der Waals surface area contributed by atoms with E-state index in [2.05, 4.69) is 33.6 Å². The monoisotopic (exact) mass is 411 g/mol. The SMILES string of the molecule is I.NC(=NCCn1cccn1)Nc1cccc2c1CCCC2. The molecule has 0 amide bonds. The Morgan fingerprint density at radius 1 is 1.27 bits per heavy atom. The summed E-state index contributed by atoms with van der Waals surface area (Å²) in [6.07, 6.45) is 8.51. The molecule has 118 valence electrons.